The van der Waals surface area contributed by atoms with E-state index in [0.29, 0.717) is 6.42 Å². The Kier molecular flexibility index (Phi) is 15.5. The molecule has 0 aromatic carbocycles. The zero-order valence-electron chi connectivity index (χ0n) is 17.3. The van der Waals surface area contributed by atoms with Gasteiger partial charge in [-0.05, 0) is 18.8 Å². The largest absolute Gasteiger partial charge is 0.452 e. The smallest absolute Gasteiger partial charge is 0.306 e. The minimum Gasteiger partial charge on any atom is -0.452 e. The Morgan fingerprint density at radius 3 is 2.12 bits per heavy atom. The van der Waals surface area contributed by atoms with E-state index in [9.17, 15) is 4.79 Å². The molecule has 1 aliphatic rings. The number of esters is 1. The molecular weight excluding hydrogens is 320 g/mol. The number of ether oxygens (including phenoxy) is 1. The van der Waals surface area contributed by atoms with Crippen molar-refractivity contribution in [2.45, 2.75) is 122 Å². The Morgan fingerprint density at radius 1 is 0.808 bits per heavy atom. The van der Waals surface area contributed by atoms with Gasteiger partial charge in [0.25, 0.3) is 0 Å². The second kappa shape index (κ2) is 17.4. The minimum absolute atomic E-state index is 0.0791. The summed E-state index contributed by atoms with van der Waals surface area (Å²) < 4.78 is 5.18. The molecule has 1 rings (SSSR count). The molecule has 0 N–H and O–H groups in total. The fourth-order valence-electron chi connectivity index (χ4n) is 3.31. The Labute approximate surface area is 162 Å². The van der Waals surface area contributed by atoms with Crippen molar-refractivity contribution in [3.63, 3.8) is 0 Å². The van der Waals surface area contributed by atoms with Crippen molar-refractivity contribution in [3.8, 4) is 11.8 Å². The molecule has 0 aliphatic heterocycles. The summed E-state index contributed by atoms with van der Waals surface area (Å²) in [5.74, 6) is 7.07. The molecule has 26 heavy (non-hydrogen) atoms. The van der Waals surface area contributed by atoms with Crippen LogP contribution >= 0.6 is 0 Å². The summed E-state index contributed by atoms with van der Waals surface area (Å²) >= 11 is 0. The highest BCUT2D eigenvalue weighted by Crippen LogP contribution is 2.34. The van der Waals surface area contributed by atoms with E-state index in [2.05, 4.69) is 18.8 Å². The highest BCUT2D eigenvalue weighted by Gasteiger charge is 2.19. The molecule has 0 radical (unpaired) electrons. The number of carbonyl (C=O) groups is 1. The summed E-state index contributed by atoms with van der Waals surface area (Å²) in [4.78, 5) is 11.6. The van der Waals surface area contributed by atoms with Crippen LogP contribution in [0.5, 0.6) is 0 Å². The van der Waals surface area contributed by atoms with Crippen LogP contribution in [0.2, 0.25) is 0 Å². The number of hydrogen-bond donors (Lipinski definition) is 0. The molecule has 0 aromatic rings. The van der Waals surface area contributed by atoms with Crippen LogP contribution in [0.15, 0.2) is 0 Å². The van der Waals surface area contributed by atoms with Crippen LogP contribution in [0.1, 0.15) is 122 Å². The summed E-state index contributed by atoms with van der Waals surface area (Å²) in [5, 5.41) is 0. The molecule has 1 fully saturated rings. The number of rotatable bonds is 17. The SMILES string of the molecule is CCCCCCCCCCCC#CCOC(=O)CCCCCCC1CC1. The highest BCUT2D eigenvalue weighted by molar-refractivity contribution is 5.69. The van der Waals surface area contributed by atoms with Gasteiger partial charge in [-0.1, -0.05) is 109 Å². The summed E-state index contributed by atoms with van der Waals surface area (Å²) in [6.07, 6.45) is 22.6. The summed E-state index contributed by atoms with van der Waals surface area (Å²) in [7, 11) is 0. The third-order valence-corrected chi connectivity index (χ3v) is 5.28. The van der Waals surface area contributed by atoms with Gasteiger partial charge >= 0.3 is 5.97 Å². The van der Waals surface area contributed by atoms with E-state index in [1.54, 1.807) is 0 Å². The zero-order valence-corrected chi connectivity index (χ0v) is 17.3. The van der Waals surface area contributed by atoms with E-state index in [4.69, 9.17) is 4.74 Å². The van der Waals surface area contributed by atoms with Crippen LogP contribution in [0.3, 0.4) is 0 Å². The molecule has 0 spiro atoms. The van der Waals surface area contributed by atoms with Gasteiger partial charge in [0.15, 0.2) is 6.61 Å². The van der Waals surface area contributed by atoms with Gasteiger partial charge in [-0.25, -0.2) is 0 Å². The van der Waals surface area contributed by atoms with Gasteiger partial charge in [-0.15, -0.1) is 0 Å². The first-order valence-corrected chi connectivity index (χ1v) is 11.4. The predicted octanol–water partition coefficient (Wildman–Crippen LogP) is 7.20. The van der Waals surface area contributed by atoms with Crippen LogP contribution in [0, 0.1) is 17.8 Å². The molecule has 0 saturated heterocycles. The molecule has 0 amide bonds. The van der Waals surface area contributed by atoms with Crippen molar-refractivity contribution in [2.75, 3.05) is 6.61 Å². The lowest BCUT2D eigenvalue weighted by Gasteiger charge is -2.01. The average Bonchev–Trinajstić information content (AvgIpc) is 3.46. The van der Waals surface area contributed by atoms with Crippen LogP contribution in [-0.4, -0.2) is 12.6 Å². The number of hydrogen-bond acceptors (Lipinski definition) is 2. The zero-order chi connectivity index (χ0) is 18.7. The maximum absolute atomic E-state index is 11.6. The predicted molar refractivity (Wildman–Crippen MR) is 111 cm³/mol. The quantitative estimate of drug-likeness (QED) is 0.155. The minimum atomic E-state index is -0.0791. The first-order chi connectivity index (χ1) is 12.8. The Morgan fingerprint density at radius 2 is 1.42 bits per heavy atom. The Hall–Kier alpha value is -0.970. The lowest BCUT2D eigenvalue weighted by Crippen LogP contribution is -2.04. The van der Waals surface area contributed by atoms with Gasteiger partial charge in [0, 0.05) is 12.8 Å². The van der Waals surface area contributed by atoms with Crippen molar-refractivity contribution in [1.82, 2.24) is 0 Å². The van der Waals surface area contributed by atoms with Gasteiger partial charge in [0.1, 0.15) is 0 Å². The molecule has 0 aromatic heterocycles. The normalized spacial score (nSPS) is 13.3. The van der Waals surface area contributed by atoms with E-state index in [1.165, 1.54) is 89.9 Å². The van der Waals surface area contributed by atoms with Gasteiger partial charge in [0.2, 0.25) is 0 Å². The van der Waals surface area contributed by atoms with Crippen LogP contribution in [0.25, 0.3) is 0 Å². The third kappa shape index (κ3) is 16.5. The fraction of sp³-hybridized carbons (Fsp3) is 0.875. The molecule has 0 unspecified atom stereocenters. The van der Waals surface area contributed by atoms with Crippen LogP contribution in [0.4, 0.5) is 0 Å². The molecule has 2 heteroatoms. The van der Waals surface area contributed by atoms with E-state index < -0.39 is 0 Å². The first-order valence-electron chi connectivity index (χ1n) is 11.4. The van der Waals surface area contributed by atoms with Crippen molar-refractivity contribution in [3.05, 3.63) is 0 Å². The van der Waals surface area contributed by atoms with Crippen molar-refractivity contribution >= 4 is 5.97 Å². The van der Waals surface area contributed by atoms with Gasteiger partial charge in [0.05, 0.1) is 0 Å². The van der Waals surface area contributed by atoms with Gasteiger partial charge in [-0.2, -0.15) is 0 Å². The Bertz CT molecular complexity index is 387. The molecule has 150 valence electrons. The topological polar surface area (TPSA) is 26.3 Å². The first kappa shape index (κ1) is 23.1. The number of unbranched alkanes of at least 4 members (excludes halogenated alkanes) is 12. The van der Waals surface area contributed by atoms with E-state index in [-0.39, 0.29) is 12.6 Å². The van der Waals surface area contributed by atoms with E-state index in [1.807, 2.05) is 0 Å². The van der Waals surface area contributed by atoms with E-state index >= 15 is 0 Å². The molecule has 0 heterocycles. The Balaban J connectivity index is 1.76. The lowest BCUT2D eigenvalue weighted by molar-refractivity contribution is -0.142. The van der Waals surface area contributed by atoms with Crippen LogP contribution in [-0.2, 0) is 9.53 Å². The third-order valence-electron chi connectivity index (χ3n) is 5.28. The van der Waals surface area contributed by atoms with Gasteiger partial charge < -0.3 is 4.74 Å². The number of carbonyl (C=O) groups excluding carboxylic acids is 1. The van der Waals surface area contributed by atoms with Crippen molar-refractivity contribution in [2.24, 2.45) is 5.92 Å². The average molecular weight is 363 g/mol. The molecule has 1 aliphatic carbocycles. The molecular formula is C24H42O2. The summed E-state index contributed by atoms with van der Waals surface area (Å²) in [6.45, 7) is 2.54. The molecule has 0 atom stereocenters. The van der Waals surface area contributed by atoms with Crippen molar-refractivity contribution in [1.29, 1.82) is 0 Å². The van der Waals surface area contributed by atoms with Gasteiger partial charge in [-0.3, -0.25) is 4.79 Å². The monoisotopic (exact) mass is 362 g/mol. The fourth-order valence-corrected chi connectivity index (χ4v) is 3.31. The standard InChI is InChI=1S/C24H42O2/c1-2-3-4-5-6-7-8-9-10-11-14-17-22-26-24(25)19-16-13-12-15-18-23-20-21-23/h23H,2-13,15-16,18-22H2,1H3. The maximum Gasteiger partial charge on any atom is 0.306 e. The lowest BCUT2D eigenvalue weighted by atomic mass is 10.1. The summed E-state index contributed by atoms with van der Waals surface area (Å²) in [6, 6.07) is 0. The molecule has 2 nitrogen and oxygen atoms in total. The summed E-state index contributed by atoms with van der Waals surface area (Å²) in [5.41, 5.74) is 0. The van der Waals surface area contributed by atoms with E-state index in [0.717, 1.165) is 25.2 Å². The molecule has 1 saturated carbocycles. The second-order valence-corrected chi connectivity index (χ2v) is 7.99. The van der Waals surface area contributed by atoms with Crippen LogP contribution < -0.4 is 0 Å². The molecule has 0 bridgehead atoms. The maximum atomic E-state index is 11.6. The van der Waals surface area contributed by atoms with Crippen molar-refractivity contribution < 1.29 is 9.53 Å². The second-order valence-electron chi connectivity index (χ2n) is 7.99. The highest BCUT2D eigenvalue weighted by atomic mass is 16.5.